The van der Waals surface area contributed by atoms with E-state index in [1.807, 2.05) is 12.2 Å². The maximum atomic E-state index is 12.6. The number of benzene rings is 2. The molecule has 0 bridgehead atoms. The summed E-state index contributed by atoms with van der Waals surface area (Å²) in [6.45, 7) is 1.61. The Hall–Kier alpha value is -2.07. The monoisotopic (exact) mass is 359 g/mol. The van der Waals surface area contributed by atoms with Crippen LogP contribution in [0, 0.1) is 0 Å². The maximum absolute atomic E-state index is 12.6. The molecule has 0 saturated carbocycles. The van der Waals surface area contributed by atoms with E-state index < -0.39 is 11.7 Å². The van der Waals surface area contributed by atoms with Crippen molar-refractivity contribution < 1.29 is 13.2 Å². The van der Waals surface area contributed by atoms with Gasteiger partial charge < -0.3 is 0 Å². The highest BCUT2D eigenvalue weighted by Gasteiger charge is 2.29. The average Bonchev–Trinajstić information content (AvgIpc) is 2.61. The lowest BCUT2D eigenvalue weighted by Gasteiger charge is -2.19. The first-order valence-corrected chi connectivity index (χ1v) is 9.05. The quantitative estimate of drug-likeness (QED) is 0.659. The predicted molar refractivity (Wildman–Crippen MR) is 99.9 cm³/mol. The molecular weight excluding hydrogens is 335 g/mol. The molecule has 0 atom stereocenters. The number of fused-ring (bicyclic) bond motifs is 1. The largest absolute Gasteiger partial charge is 0.416 e. The molecule has 0 heterocycles. The topological polar surface area (TPSA) is 3.24 Å². The van der Waals surface area contributed by atoms with Gasteiger partial charge in [-0.2, -0.15) is 13.2 Å². The van der Waals surface area contributed by atoms with E-state index >= 15 is 0 Å². The van der Waals surface area contributed by atoms with Gasteiger partial charge in [-0.05, 0) is 67.1 Å². The molecule has 0 saturated heterocycles. The average molecular weight is 359 g/mol. The van der Waals surface area contributed by atoms with Gasteiger partial charge in [-0.1, -0.05) is 42.5 Å². The molecule has 1 aliphatic rings. The zero-order chi connectivity index (χ0) is 18.6. The SMILES string of the molecule is CN(CC=Cc1ccc(C(F)(F)F)cc1)Cc1ccc2c(c1)CCCC2. The summed E-state index contributed by atoms with van der Waals surface area (Å²) in [7, 11) is 2.05. The lowest BCUT2D eigenvalue weighted by molar-refractivity contribution is -0.137. The van der Waals surface area contributed by atoms with Gasteiger partial charge in [0.2, 0.25) is 0 Å². The highest BCUT2D eigenvalue weighted by atomic mass is 19.4. The fourth-order valence-electron chi connectivity index (χ4n) is 3.41. The standard InChI is InChI=1S/C22H24F3N/c1-26(16-18-8-11-19-6-2-3-7-20(19)15-18)14-4-5-17-9-12-21(13-10-17)22(23,24)25/h4-5,8-13,15H,2-3,6-7,14,16H2,1H3. The maximum Gasteiger partial charge on any atom is 0.416 e. The minimum absolute atomic E-state index is 0.612. The highest BCUT2D eigenvalue weighted by molar-refractivity contribution is 5.50. The Bertz CT molecular complexity index is 760. The first kappa shape index (κ1) is 18.7. The Kier molecular flexibility index (Phi) is 5.82. The lowest BCUT2D eigenvalue weighted by Crippen LogP contribution is -2.18. The van der Waals surface area contributed by atoms with Crippen LogP contribution in [-0.2, 0) is 25.6 Å². The summed E-state index contributed by atoms with van der Waals surface area (Å²) in [5.74, 6) is 0. The van der Waals surface area contributed by atoms with Crippen LogP contribution in [0.1, 0.15) is 40.7 Å². The van der Waals surface area contributed by atoms with Gasteiger partial charge in [0.15, 0.2) is 0 Å². The van der Waals surface area contributed by atoms with Gasteiger partial charge in [-0.3, -0.25) is 4.90 Å². The van der Waals surface area contributed by atoms with E-state index in [0.29, 0.717) is 0 Å². The second-order valence-electron chi connectivity index (χ2n) is 7.03. The van der Waals surface area contributed by atoms with Crippen molar-refractivity contribution in [1.82, 2.24) is 4.90 Å². The summed E-state index contributed by atoms with van der Waals surface area (Å²) in [5, 5.41) is 0. The number of aryl methyl sites for hydroxylation is 2. The van der Waals surface area contributed by atoms with Gasteiger partial charge in [-0.25, -0.2) is 0 Å². The zero-order valence-corrected chi connectivity index (χ0v) is 15.0. The van der Waals surface area contributed by atoms with Crippen molar-refractivity contribution in [3.8, 4) is 0 Å². The molecule has 0 amide bonds. The summed E-state index contributed by atoms with van der Waals surface area (Å²) >= 11 is 0. The van der Waals surface area contributed by atoms with Crippen LogP contribution < -0.4 is 0 Å². The number of alkyl halides is 3. The summed E-state index contributed by atoms with van der Waals surface area (Å²) < 4.78 is 37.7. The Morgan fingerprint density at radius 2 is 1.65 bits per heavy atom. The Labute approximate surface area is 153 Å². The van der Waals surface area contributed by atoms with Crippen molar-refractivity contribution in [2.75, 3.05) is 13.6 Å². The number of hydrogen-bond acceptors (Lipinski definition) is 1. The third-order valence-electron chi connectivity index (χ3n) is 4.83. The van der Waals surface area contributed by atoms with Gasteiger partial charge in [0.1, 0.15) is 0 Å². The molecule has 0 radical (unpaired) electrons. The molecule has 138 valence electrons. The molecule has 3 rings (SSSR count). The molecule has 0 N–H and O–H groups in total. The van der Waals surface area contributed by atoms with Crippen LogP contribution in [-0.4, -0.2) is 18.5 Å². The molecular formula is C22H24F3N. The molecule has 0 aliphatic heterocycles. The smallest absolute Gasteiger partial charge is 0.298 e. The first-order chi connectivity index (χ1) is 12.4. The van der Waals surface area contributed by atoms with Gasteiger partial charge in [0.25, 0.3) is 0 Å². The van der Waals surface area contributed by atoms with Crippen molar-refractivity contribution in [3.05, 3.63) is 76.4 Å². The minimum Gasteiger partial charge on any atom is -0.298 e. The van der Waals surface area contributed by atoms with Crippen molar-refractivity contribution in [1.29, 1.82) is 0 Å². The van der Waals surface area contributed by atoms with Crippen LogP contribution in [0.2, 0.25) is 0 Å². The second kappa shape index (κ2) is 8.09. The number of nitrogens with zero attached hydrogens (tertiary/aromatic N) is 1. The van der Waals surface area contributed by atoms with Crippen LogP contribution in [0.5, 0.6) is 0 Å². The summed E-state index contributed by atoms with van der Waals surface area (Å²) in [4.78, 5) is 2.20. The number of rotatable bonds is 5. The predicted octanol–water partition coefficient (Wildman–Crippen LogP) is 5.73. The molecule has 2 aromatic carbocycles. The normalized spacial score (nSPS) is 14.8. The zero-order valence-electron chi connectivity index (χ0n) is 15.0. The van der Waals surface area contributed by atoms with Crippen molar-refractivity contribution >= 4 is 6.08 Å². The first-order valence-electron chi connectivity index (χ1n) is 9.05. The van der Waals surface area contributed by atoms with E-state index in [1.54, 1.807) is 0 Å². The van der Waals surface area contributed by atoms with E-state index in [9.17, 15) is 13.2 Å². The van der Waals surface area contributed by atoms with E-state index in [1.165, 1.54) is 54.5 Å². The Morgan fingerprint density at radius 3 is 2.35 bits per heavy atom. The third-order valence-corrected chi connectivity index (χ3v) is 4.83. The van der Waals surface area contributed by atoms with Gasteiger partial charge in [0.05, 0.1) is 5.56 Å². The van der Waals surface area contributed by atoms with Gasteiger partial charge in [0, 0.05) is 13.1 Å². The summed E-state index contributed by atoms with van der Waals surface area (Å²) in [6, 6.07) is 12.0. The van der Waals surface area contributed by atoms with Crippen LogP contribution >= 0.6 is 0 Å². The van der Waals surface area contributed by atoms with Crippen LogP contribution in [0.15, 0.2) is 48.5 Å². The molecule has 2 aromatic rings. The number of halogens is 3. The highest BCUT2D eigenvalue weighted by Crippen LogP contribution is 2.29. The Balaban J connectivity index is 1.53. The van der Waals surface area contributed by atoms with Gasteiger partial charge in [-0.15, -0.1) is 0 Å². The molecule has 26 heavy (non-hydrogen) atoms. The van der Waals surface area contributed by atoms with Crippen molar-refractivity contribution in [2.24, 2.45) is 0 Å². The van der Waals surface area contributed by atoms with Gasteiger partial charge >= 0.3 is 6.18 Å². The minimum atomic E-state index is -4.28. The summed E-state index contributed by atoms with van der Waals surface area (Å²) in [5.41, 5.74) is 4.46. The van der Waals surface area contributed by atoms with E-state index in [0.717, 1.165) is 30.8 Å². The molecule has 0 aromatic heterocycles. The van der Waals surface area contributed by atoms with Crippen molar-refractivity contribution in [2.45, 2.75) is 38.4 Å². The molecule has 4 heteroatoms. The fraction of sp³-hybridized carbons (Fsp3) is 0.364. The van der Waals surface area contributed by atoms with Crippen LogP contribution in [0.25, 0.3) is 6.08 Å². The van der Waals surface area contributed by atoms with Crippen LogP contribution in [0.4, 0.5) is 13.2 Å². The second-order valence-corrected chi connectivity index (χ2v) is 7.03. The molecule has 0 unspecified atom stereocenters. The molecule has 0 fully saturated rings. The van der Waals surface area contributed by atoms with Crippen molar-refractivity contribution in [3.63, 3.8) is 0 Å². The molecule has 0 spiro atoms. The molecule has 1 aliphatic carbocycles. The molecule has 1 nitrogen and oxygen atoms in total. The van der Waals surface area contributed by atoms with Crippen LogP contribution in [0.3, 0.4) is 0 Å². The number of hydrogen-bond donors (Lipinski definition) is 0. The van der Waals surface area contributed by atoms with E-state index in [-0.39, 0.29) is 0 Å². The van der Waals surface area contributed by atoms with E-state index in [4.69, 9.17) is 0 Å². The summed E-state index contributed by atoms with van der Waals surface area (Å²) in [6.07, 6.45) is 4.52. The van der Waals surface area contributed by atoms with E-state index in [2.05, 4.69) is 30.1 Å². The third kappa shape index (κ3) is 4.98. The fourth-order valence-corrected chi connectivity index (χ4v) is 3.41. The lowest BCUT2D eigenvalue weighted by atomic mass is 9.90. The Morgan fingerprint density at radius 1 is 0.962 bits per heavy atom. The number of likely N-dealkylation sites (N-methyl/N-ethyl adjacent to an activating group) is 1.